The van der Waals surface area contributed by atoms with Crippen molar-refractivity contribution in [2.75, 3.05) is 6.54 Å². The average molecular weight is 362 g/mol. The number of rotatable bonds is 4. The predicted octanol–water partition coefficient (Wildman–Crippen LogP) is 4.09. The van der Waals surface area contributed by atoms with Crippen LogP contribution >= 0.6 is 0 Å². The van der Waals surface area contributed by atoms with Gasteiger partial charge in [0.15, 0.2) is 0 Å². The third-order valence-electron chi connectivity index (χ3n) is 4.84. The van der Waals surface area contributed by atoms with E-state index in [9.17, 15) is 4.79 Å². The highest BCUT2D eigenvalue weighted by molar-refractivity contribution is 5.75. The van der Waals surface area contributed by atoms with Gasteiger partial charge in [-0.25, -0.2) is 4.79 Å². The lowest BCUT2D eigenvalue weighted by atomic mass is 10.1. The van der Waals surface area contributed by atoms with Crippen LogP contribution in [-0.2, 0) is 6.54 Å². The van der Waals surface area contributed by atoms with E-state index in [1.54, 1.807) is 4.90 Å². The molecule has 4 rings (SSSR count). The molecular formula is C21H22N4O2. The van der Waals surface area contributed by atoms with Gasteiger partial charge < -0.3 is 14.7 Å². The SMILES string of the molecule is Cc1ccc(-c2noc(C3CCCN3C(=O)NCc3ccccc3)n2)cc1. The summed E-state index contributed by atoms with van der Waals surface area (Å²) in [5.74, 6) is 1.06. The highest BCUT2D eigenvalue weighted by Crippen LogP contribution is 2.32. The topological polar surface area (TPSA) is 71.3 Å². The molecule has 0 spiro atoms. The van der Waals surface area contributed by atoms with Gasteiger partial charge in [0.25, 0.3) is 0 Å². The molecule has 1 fully saturated rings. The number of carbonyl (C=O) groups is 1. The molecule has 1 N–H and O–H groups in total. The summed E-state index contributed by atoms with van der Waals surface area (Å²) in [4.78, 5) is 19.0. The third kappa shape index (κ3) is 3.84. The van der Waals surface area contributed by atoms with Crippen LogP contribution in [0.25, 0.3) is 11.4 Å². The van der Waals surface area contributed by atoms with Gasteiger partial charge in [0.05, 0.1) is 0 Å². The molecule has 2 aromatic carbocycles. The van der Waals surface area contributed by atoms with Crippen molar-refractivity contribution in [3.8, 4) is 11.4 Å². The van der Waals surface area contributed by atoms with Crippen molar-refractivity contribution in [3.05, 3.63) is 71.6 Å². The number of amides is 2. The van der Waals surface area contributed by atoms with E-state index in [1.807, 2.05) is 61.5 Å². The van der Waals surface area contributed by atoms with Crippen LogP contribution in [-0.4, -0.2) is 27.6 Å². The first-order valence-corrected chi connectivity index (χ1v) is 9.20. The molecule has 1 unspecified atom stereocenters. The molecule has 3 aromatic rings. The molecule has 0 bridgehead atoms. The maximum atomic E-state index is 12.6. The zero-order valence-electron chi connectivity index (χ0n) is 15.3. The molecule has 6 nitrogen and oxygen atoms in total. The van der Waals surface area contributed by atoms with E-state index in [2.05, 4.69) is 15.5 Å². The van der Waals surface area contributed by atoms with E-state index in [4.69, 9.17) is 4.52 Å². The lowest BCUT2D eigenvalue weighted by Crippen LogP contribution is -2.39. The molecule has 1 aliphatic heterocycles. The average Bonchev–Trinajstić information content (AvgIpc) is 3.37. The lowest BCUT2D eigenvalue weighted by Gasteiger charge is -2.22. The summed E-state index contributed by atoms with van der Waals surface area (Å²) in [5.41, 5.74) is 3.16. The number of benzene rings is 2. The smallest absolute Gasteiger partial charge is 0.318 e. The number of urea groups is 1. The Kier molecular flexibility index (Phi) is 4.87. The molecule has 2 amide bonds. The van der Waals surface area contributed by atoms with Gasteiger partial charge in [0, 0.05) is 18.7 Å². The second-order valence-electron chi connectivity index (χ2n) is 6.82. The molecule has 1 atom stereocenters. The number of nitrogens with one attached hydrogen (secondary N) is 1. The van der Waals surface area contributed by atoms with Gasteiger partial charge in [-0.15, -0.1) is 0 Å². The van der Waals surface area contributed by atoms with E-state index in [0.29, 0.717) is 24.8 Å². The summed E-state index contributed by atoms with van der Waals surface area (Å²) in [6, 6.07) is 17.6. The number of nitrogens with zero attached hydrogens (tertiary/aromatic N) is 3. The van der Waals surface area contributed by atoms with E-state index in [1.165, 1.54) is 5.56 Å². The van der Waals surface area contributed by atoms with Gasteiger partial charge in [0.2, 0.25) is 11.7 Å². The zero-order chi connectivity index (χ0) is 18.6. The molecule has 6 heteroatoms. The molecular weight excluding hydrogens is 340 g/mol. The van der Waals surface area contributed by atoms with Crippen molar-refractivity contribution in [2.45, 2.75) is 32.4 Å². The second-order valence-corrected chi connectivity index (χ2v) is 6.82. The molecule has 2 heterocycles. The minimum Gasteiger partial charge on any atom is -0.337 e. The molecule has 1 aromatic heterocycles. The lowest BCUT2D eigenvalue weighted by molar-refractivity contribution is 0.180. The van der Waals surface area contributed by atoms with Crippen molar-refractivity contribution >= 4 is 6.03 Å². The predicted molar refractivity (Wildman–Crippen MR) is 102 cm³/mol. The Balaban J connectivity index is 1.45. The highest BCUT2D eigenvalue weighted by atomic mass is 16.5. The zero-order valence-corrected chi connectivity index (χ0v) is 15.3. The van der Waals surface area contributed by atoms with Crippen LogP contribution in [0, 0.1) is 6.92 Å². The third-order valence-corrected chi connectivity index (χ3v) is 4.84. The Morgan fingerprint density at radius 3 is 2.74 bits per heavy atom. The molecule has 138 valence electrons. The summed E-state index contributed by atoms with van der Waals surface area (Å²) in [6.07, 6.45) is 1.75. The summed E-state index contributed by atoms with van der Waals surface area (Å²) >= 11 is 0. The van der Waals surface area contributed by atoms with Gasteiger partial charge in [0.1, 0.15) is 6.04 Å². The van der Waals surface area contributed by atoms with E-state index >= 15 is 0 Å². The van der Waals surface area contributed by atoms with Crippen molar-refractivity contribution in [2.24, 2.45) is 0 Å². The van der Waals surface area contributed by atoms with E-state index < -0.39 is 0 Å². The van der Waals surface area contributed by atoms with E-state index in [0.717, 1.165) is 24.0 Å². The van der Waals surface area contributed by atoms with Crippen LogP contribution in [0.1, 0.15) is 35.9 Å². The monoisotopic (exact) mass is 362 g/mol. The first kappa shape index (κ1) is 17.3. The Morgan fingerprint density at radius 2 is 1.96 bits per heavy atom. The Morgan fingerprint density at radius 1 is 1.19 bits per heavy atom. The number of hydrogen-bond acceptors (Lipinski definition) is 4. The maximum absolute atomic E-state index is 12.6. The summed E-state index contributed by atoms with van der Waals surface area (Å²) in [6.45, 7) is 3.23. The molecule has 1 aliphatic rings. The van der Waals surface area contributed by atoms with Crippen molar-refractivity contribution in [1.29, 1.82) is 0 Å². The van der Waals surface area contributed by atoms with Gasteiger partial charge >= 0.3 is 6.03 Å². The van der Waals surface area contributed by atoms with Crippen molar-refractivity contribution in [1.82, 2.24) is 20.4 Å². The Labute approximate surface area is 158 Å². The first-order valence-electron chi connectivity index (χ1n) is 9.20. The second kappa shape index (κ2) is 7.61. The fourth-order valence-corrected chi connectivity index (χ4v) is 3.33. The quantitative estimate of drug-likeness (QED) is 0.759. The summed E-state index contributed by atoms with van der Waals surface area (Å²) < 4.78 is 5.49. The van der Waals surface area contributed by atoms with Crippen molar-refractivity contribution in [3.63, 3.8) is 0 Å². The van der Waals surface area contributed by atoms with Crippen molar-refractivity contribution < 1.29 is 9.32 Å². The standard InChI is InChI=1S/C21H22N4O2/c1-15-9-11-17(12-10-15)19-23-20(27-24-19)18-8-5-13-25(18)21(26)22-14-16-6-3-2-4-7-16/h2-4,6-7,9-12,18H,5,8,13-14H2,1H3,(H,22,26). The van der Waals surface area contributed by atoms with Crippen LogP contribution in [0.4, 0.5) is 4.79 Å². The summed E-state index contributed by atoms with van der Waals surface area (Å²) in [5, 5.41) is 7.09. The Bertz CT molecular complexity index is 905. The number of carbonyl (C=O) groups excluding carboxylic acids is 1. The van der Waals surface area contributed by atoms with Crippen LogP contribution in [0.2, 0.25) is 0 Å². The van der Waals surface area contributed by atoms with Gasteiger partial charge in [-0.3, -0.25) is 0 Å². The molecule has 0 radical (unpaired) electrons. The van der Waals surface area contributed by atoms with Crippen LogP contribution in [0.15, 0.2) is 59.1 Å². The molecule has 1 saturated heterocycles. The van der Waals surface area contributed by atoms with Crippen LogP contribution < -0.4 is 5.32 Å². The van der Waals surface area contributed by atoms with Crippen LogP contribution in [0.5, 0.6) is 0 Å². The first-order chi connectivity index (χ1) is 13.2. The normalized spacial score (nSPS) is 16.5. The van der Waals surface area contributed by atoms with Crippen LogP contribution in [0.3, 0.4) is 0 Å². The highest BCUT2D eigenvalue weighted by Gasteiger charge is 2.34. The molecule has 27 heavy (non-hydrogen) atoms. The minimum absolute atomic E-state index is 0.101. The number of hydrogen-bond donors (Lipinski definition) is 1. The fraction of sp³-hybridized carbons (Fsp3) is 0.286. The Hall–Kier alpha value is -3.15. The fourth-order valence-electron chi connectivity index (χ4n) is 3.33. The number of likely N-dealkylation sites (tertiary alicyclic amines) is 1. The minimum atomic E-state index is -0.174. The maximum Gasteiger partial charge on any atom is 0.318 e. The van der Waals surface area contributed by atoms with Gasteiger partial charge in [-0.1, -0.05) is 65.3 Å². The van der Waals surface area contributed by atoms with Gasteiger partial charge in [-0.2, -0.15) is 4.98 Å². The molecule has 0 aliphatic carbocycles. The van der Waals surface area contributed by atoms with Gasteiger partial charge in [-0.05, 0) is 25.3 Å². The van der Waals surface area contributed by atoms with E-state index in [-0.39, 0.29) is 12.1 Å². The summed E-state index contributed by atoms with van der Waals surface area (Å²) in [7, 11) is 0. The largest absolute Gasteiger partial charge is 0.337 e. The number of aromatic nitrogens is 2. The number of aryl methyl sites for hydroxylation is 1. The molecule has 0 saturated carbocycles.